The SMILES string of the molecule is CC1Oc2c(cccc2C(=O)N2CCc3ccccc3C2C(=O)O)NC1=O. The van der Waals surface area contributed by atoms with Crippen molar-refractivity contribution in [3.63, 3.8) is 0 Å². The fraction of sp³-hybridized carbons (Fsp3) is 0.250. The second-order valence-corrected chi connectivity index (χ2v) is 6.62. The Labute approximate surface area is 155 Å². The van der Waals surface area contributed by atoms with Crippen LogP contribution in [-0.2, 0) is 16.0 Å². The Morgan fingerprint density at radius 1 is 1.19 bits per heavy atom. The van der Waals surface area contributed by atoms with Crippen LogP contribution in [0.4, 0.5) is 5.69 Å². The van der Waals surface area contributed by atoms with Gasteiger partial charge in [0, 0.05) is 6.54 Å². The average molecular weight is 366 g/mol. The number of benzene rings is 2. The molecule has 0 fully saturated rings. The first-order valence-corrected chi connectivity index (χ1v) is 8.69. The summed E-state index contributed by atoms with van der Waals surface area (Å²) in [6.07, 6.45) is -0.155. The van der Waals surface area contributed by atoms with Crippen molar-refractivity contribution in [1.82, 2.24) is 4.90 Å². The van der Waals surface area contributed by atoms with Crippen LogP contribution in [0.15, 0.2) is 42.5 Å². The molecule has 7 heteroatoms. The zero-order valence-electron chi connectivity index (χ0n) is 14.6. The summed E-state index contributed by atoms with van der Waals surface area (Å²) in [6.45, 7) is 1.88. The molecule has 0 aromatic heterocycles. The third-order valence-corrected chi connectivity index (χ3v) is 4.95. The summed E-state index contributed by atoms with van der Waals surface area (Å²) >= 11 is 0. The van der Waals surface area contributed by atoms with Crippen molar-refractivity contribution in [2.24, 2.45) is 0 Å². The summed E-state index contributed by atoms with van der Waals surface area (Å²) < 4.78 is 5.65. The second kappa shape index (κ2) is 6.42. The van der Waals surface area contributed by atoms with Crippen LogP contribution in [0.1, 0.15) is 34.5 Å². The van der Waals surface area contributed by atoms with Crippen molar-refractivity contribution in [2.45, 2.75) is 25.5 Å². The van der Waals surface area contributed by atoms with Gasteiger partial charge in [0.05, 0.1) is 11.3 Å². The monoisotopic (exact) mass is 366 g/mol. The number of fused-ring (bicyclic) bond motifs is 2. The largest absolute Gasteiger partial charge is 0.479 e. The van der Waals surface area contributed by atoms with Crippen LogP contribution in [0.5, 0.6) is 5.75 Å². The third kappa shape index (κ3) is 2.81. The number of hydrogen-bond donors (Lipinski definition) is 2. The fourth-order valence-corrected chi connectivity index (χ4v) is 3.60. The number of hydrogen-bond acceptors (Lipinski definition) is 4. The molecule has 2 aromatic rings. The summed E-state index contributed by atoms with van der Waals surface area (Å²) in [5, 5.41) is 12.5. The van der Waals surface area contributed by atoms with Crippen molar-refractivity contribution in [3.05, 3.63) is 59.2 Å². The molecule has 4 rings (SSSR count). The van der Waals surface area contributed by atoms with Gasteiger partial charge in [0.25, 0.3) is 11.8 Å². The zero-order chi connectivity index (χ0) is 19.1. The Morgan fingerprint density at radius 2 is 1.96 bits per heavy atom. The standard InChI is InChI=1S/C20H18N2O5/c1-11-18(23)21-15-8-4-7-14(17(15)27-11)19(24)22-10-9-12-5-2-3-6-13(12)16(22)20(25)26/h2-8,11,16H,9-10H2,1H3,(H,21,23)(H,25,26). The van der Waals surface area contributed by atoms with Crippen LogP contribution in [0.2, 0.25) is 0 Å². The van der Waals surface area contributed by atoms with Gasteiger partial charge in [0.15, 0.2) is 17.9 Å². The summed E-state index contributed by atoms with van der Waals surface area (Å²) in [7, 11) is 0. The normalized spacial score (nSPS) is 20.8. The van der Waals surface area contributed by atoms with Gasteiger partial charge in [0.2, 0.25) is 0 Å². The minimum Gasteiger partial charge on any atom is -0.479 e. The zero-order valence-corrected chi connectivity index (χ0v) is 14.6. The summed E-state index contributed by atoms with van der Waals surface area (Å²) in [4.78, 5) is 38.4. The summed E-state index contributed by atoms with van der Waals surface area (Å²) in [6, 6.07) is 11.1. The highest BCUT2D eigenvalue weighted by Gasteiger charge is 2.38. The molecular formula is C20H18N2O5. The van der Waals surface area contributed by atoms with E-state index in [1.165, 1.54) is 4.90 Å². The van der Waals surface area contributed by atoms with E-state index in [1.54, 1.807) is 37.3 Å². The lowest BCUT2D eigenvalue weighted by Gasteiger charge is -2.35. The number of amides is 2. The molecule has 2 aromatic carbocycles. The molecule has 0 saturated heterocycles. The number of aliphatic carboxylic acids is 1. The Kier molecular flexibility index (Phi) is 4.07. The molecule has 2 amide bonds. The molecule has 0 saturated carbocycles. The van der Waals surface area contributed by atoms with Gasteiger partial charge in [-0.2, -0.15) is 0 Å². The molecule has 27 heavy (non-hydrogen) atoms. The molecule has 7 nitrogen and oxygen atoms in total. The number of carboxylic acids is 1. The maximum atomic E-state index is 13.3. The van der Waals surface area contributed by atoms with Gasteiger partial charge in [-0.25, -0.2) is 4.79 Å². The van der Waals surface area contributed by atoms with Crippen molar-refractivity contribution in [1.29, 1.82) is 0 Å². The average Bonchev–Trinajstić information content (AvgIpc) is 2.66. The lowest BCUT2D eigenvalue weighted by molar-refractivity contribution is -0.143. The van der Waals surface area contributed by atoms with E-state index in [2.05, 4.69) is 5.32 Å². The molecule has 138 valence electrons. The van der Waals surface area contributed by atoms with Crippen LogP contribution < -0.4 is 10.1 Å². The van der Waals surface area contributed by atoms with E-state index >= 15 is 0 Å². The van der Waals surface area contributed by atoms with Gasteiger partial charge in [-0.05, 0) is 36.6 Å². The molecule has 2 aliphatic heterocycles. The van der Waals surface area contributed by atoms with Crippen molar-refractivity contribution >= 4 is 23.5 Å². The minimum absolute atomic E-state index is 0.241. The summed E-state index contributed by atoms with van der Waals surface area (Å²) in [5.41, 5.74) is 2.20. The van der Waals surface area contributed by atoms with Crippen LogP contribution in [0.3, 0.4) is 0 Å². The van der Waals surface area contributed by atoms with Gasteiger partial charge >= 0.3 is 5.97 Å². The number of carbonyl (C=O) groups excluding carboxylic acids is 2. The smallest absolute Gasteiger partial charge is 0.331 e. The number of carbonyl (C=O) groups is 3. The molecular weight excluding hydrogens is 348 g/mol. The fourth-order valence-electron chi connectivity index (χ4n) is 3.60. The number of nitrogens with one attached hydrogen (secondary N) is 1. The Hall–Kier alpha value is -3.35. The highest BCUT2D eigenvalue weighted by molar-refractivity contribution is 6.05. The highest BCUT2D eigenvalue weighted by Crippen LogP contribution is 2.37. The van der Waals surface area contributed by atoms with Gasteiger partial charge in [0.1, 0.15) is 0 Å². The summed E-state index contributed by atoms with van der Waals surface area (Å²) in [5.74, 6) is -1.53. The number of nitrogens with zero attached hydrogens (tertiary/aromatic N) is 1. The molecule has 2 atom stereocenters. The van der Waals surface area contributed by atoms with Crippen molar-refractivity contribution in [3.8, 4) is 5.75 Å². The Bertz CT molecular complexity index is 955. The molecule has 0 radical (unpaired) electrons. The molecule has 0 spiro atoms. The number of carboxylic acid groups (broad SMARTS) is 1. The van der Waals surface area contributed by atoms with E-state index in [0.29, 0.717) is 24.2 Å². The number of para-hydroxylation sites is 1. The first-order valence-electron chi connectivity index (χ1n) is 8.69. The van der Waals surface area contributed by atoms with Gasteiger partial charge in [-0.15, -0.1) is 0 Å². The van der Waals surface area contributed by atoms with Crippen molar-refractivity contribution in [2.75, 3.05) is 11.9 Å². The lowest BCUT2D eigenvalue weighted by Crippen LogP contribution is -2.44. The van der Waals surface area contributed by atoms with E-state index in [9.17, 15) is 19.5 Å². The molecule has 2 N–H and O–H groups in total. The van der Waals surface area contributed by atoms with E-state index in [0.717, 1.165) is 5.56 Å². The molecule has 2 heterocycles. The Morgan fingerprint density at radius 3 is 2.74 bits per heavy atom. The van der Waals surface area contributed by atoms with E-state index in [-0.39, 0.29) is 17.2 Å². The second-order valence-electron chi connectivity index (χ2n) is 6.62. The van der Waals surface area contributed by atoms with Gasteiger partial charge < -0.3 is 20.1 Å². The van der Waals surface area contributed by atoms with Gasteiger partial charge in [-0.3, -0.25) is 9.59 Å². The number of ether oxygens (including phenoxy) is 1. The lowest BCUT2D eigenvalue weighted by atomic mass is 9.92. The van der Waals surface area contributed by atoms with E-state index < -0.39 is 24.0 Å². The van der Waals surface area contributed by atoms with E-state index in [1.807, 2.05) is 12.1 Å². The molecule has 0 aliphatic carbocycles. The minimum atomic E-state index is -1.08. The van der Waals surface area contributed by atoms with Crippen LogP contribution in [-0.4, -0.2) is 40.4 Å². The maximum Gasteiger partial charge on any atom is 0.331 e. The maximum absolute atomic E-state index is 13.3. The quantitative estimate of drug-likeness (QED) is 0.850. The topological polar surface area (TPSA) is 95.9 Å². The Balaban J connectivity index is 1.75. The third-order valence-electron chi connectivity index (χ3n) is 4.95. The van der Waals surface area contributed by atoms with Crippen LogP contribution in [0.25, 0.3) is 0 Å². The van der Waals surface area contributed by atoms with Crippen LogP contribution in [0, 0.1) is 0 Å². The first-order chi connectivity index (χ1) is 13.0. The van der Waals surface area contributed by atoms with E-state index in [4.69, 9.17) is 4.74 Å². The highest BCUT2D eigenvalue weighted by atomic mass is 16.5. The molecule has 2 aliphatic rings. The predicted molar refractivity (Wildman–Crippen MR) is 96.7 cm³/mol. The molecule has 2 unspecified atom stereocenters. The van der Waals surface area contributed by atoms with Gasteiger partial charge in [-0.1, -0.05) is 30.3 Å². The number of anilines is 1. The van der Waals surface area contributed by atoms with Crippen molar-refractivity contribution < 1.29 is 24.2 Å². The predicted octanol–water partition coefficient (Wildman–Crippen LogP) is 2.23. The molecule has 0 bridgehead atoms. The van der Waals surface area contributed by atoms with Crippen LogP contribution >= 0.6 is 0 Å². The number of rotatable bonds is 2. The first kappa shape index (κ1) is 17.1.